The largest absolute Gasteiger partial charge is 0.377 e. The molecule has 0 spiro atoms. The number of halogens is 4. The molecule has 126 valence electrons. The predicted molar refractivity (Wildman–Crippen MR) is 70.1 cm³/mol. The van der Waals surface area contributed by atoms with Crippen molar-refractivity contribution in [2.75, 3.05) is 6.26 Å². The van der Waals surface area contributed by atoms with Gasteiger partial charge >= 0.3 is 5.25 Å². The fourth-order valence-electron chi connectivity index (χ4n) is 2.04. The molecule has 2 aromatic rings. The quantitative estimate of drug-likeness (QED) is 0.786. The molecule has 0 aliphatic heterocycles. The molecular weight excluding hydrogens is 342 g/mol. The number of nitrogens with one attached hydrogen (secondary N) is 1. The Bertz CT molecular complexity index is 811. The molecule has 0 aliphatic rings. The molecule has 1 unspecified atom stereocenters. The molecule has 0 fully saturated rings. The number of hydrogen-bond acceptors (Lipinski definition) is 5. The minimum Gasteiger partial charge on any atom is -0.377 e. The minimum atomic E-state index is -5.14. The average molecular weight is 353 g/mol. The summed E-state index contributed by atoms with van der Waals surface area (Å²) in [4.78, 5) is 3.52. The summed E-state index contributed by atoms with van der Waals surface area (Å²) in [5.41, 5.74) is -4.59. The molecule has 23 heavy (non-hydrogen) atoms. The number of hydrogen-bond donors (Lipinski definition) is 2. The van der Waals surface area contributed by atoms with Crippen LogP contribution in [0.5, 0.6) is 0 Å². The number of sulfone groups is 1. The van der Waals surface area contributed by atoms with Crippen LogP contribution >= 0.6 is 0 Å². The SMILES string of the molecule is CS(=O)(=O)C(F)(F)C(O)(Cc1ncn[nH]1)c1ccc(F)cc1F. The Morgan fingerprint density at radius 1 is 1.30 bits per heavy atom. The predicted octanol–water partition coefficient (Wildman–Crippen LogP) is 1.15. The Kier molecular flexibility index (Phi) is 4.20. The van der Waals surface area contributed by atoms with E-state index in [9.17, 15) is 31.1 Å². The highest BCUT2D eigenvalue weighted by Crippen LogP contribution is 2.44. The lowest BCUT2D eigenvalue weighted by Gasteiger charge is -2.34. The molecule has 0 aliphatic carbocycles. The molecule has 1 aromatic carbocycles. The second-order valence-electron chi connectivity index (χ2n) is 4.88. The van der Waals surface area contributed by atoms with E-state index in [0.29, 0.717) is 12.1 Å². The van der Waals surface area contributed by atoms with E-state index in [1.807, 2.05) is 0 Å². The molecular formula is C12H11F4N3O3S. The minimum absolute atomic E-state index is 0.194. The van der Waals surface area contributed by atoms with Crippen molar-refractivity contribution in [3.63, 3.8) is 0 Å². The van der Waals surface area contributed by atoms with Crippen molar-refractivity contribution >= 4 is 9.84 Å². The van der Waals surface area contributed by atoms with Gasteiger partial charge in [0.15, 0.2) is 5.60 Å². The molecule has 6 nitrogen and oxygen atoms in total. The zero-order chi connectivity index (χ0) is 17.5. The molecule has 11 heteroatoms. The molecule has 0 bridgehead atoms. The van der Waals surface area contributed by atoms with Crippen molar-refractivity contribution in [1.29, 1.82) is 0 Å². The standard InChI is InChI=1S/C12H11F4N3O3S/c1-23(21,22)12(15,16)11(20,5-10-17-6-18-19-10)8-3-2-7(13)4-9(8)14/h2-4,6,20H,5H2,1H3,(H,17,18,19). The lowest BCUT2D eigenvalue weighted by molar-refractivity contribution is -0.134. The summed E-state index contributed by atoms with van der Waals surface area (Å²) in [5.74, 6) is -2.90. The summed E-state index contributed by atoms with van der Waals surface area (Å²) in [6.07, 6.45) is 0.0464. The summed E-state index contributed by atoms with van der Waals surface area (Å²) >= 11 is 0. The molecule has 0 radical (unpaired) electrons. The van der Waals surface area contributed by atoms with Crippen LogP contribution in [0.25, 0.3) is 0 Å². The third kappa shape index (κ3) is 2.93. The van der Waals surface area contributed by atoms with E-state index >= 15 is 0 Å². The highest BCUT2D eigenvalue weighted by Gasteiger charge is 2.62. The molecule has 2 rings (SSSR count). The van der Waals surface area contributed by atoms with E-state index in [1.165, 1.54) is 0 Å². The van der Waals surface area contributed by atoms with Crippen LogP contribution in [0.2, 0.25) is 0 Å². The van der Waals surface area contributed by atoms with Gasteiger partial charge in [0.2, 0.25) is 9.84 Å². The van der Waals surface area contributed by atoms with Crippen LogP contribution in [0.4, 0.5) is 17.6 Å². The summed E-state index contributed by atoms with van der Waals surface area (Å²) in [6, 6.07) is 1.45. The van der Waals surface area contributed by atoms with Crippen LogP contribution in [-0.2, 0) is 21.9 Å². The molecule has 0 saturated heterocycles. The van der Waals surface area contributed by atoms with E-state index in [-0.39, 0.29) is 18.1 Å². The second-order valence-corrected chi connectivity index (χ2v) is 6.94. The van der Waals surface area contributed by atoms with Crippen molar-refractivity contribution in [2.45, 2.75) is 17.3 Å². The van der Waals surface area contributed by atoms with Gasteiger partial charge in [0.25, 0.3) is 0 Å². The summed E-state index contributed by atoms with van der Waals surface area (Å²) < 4.78 is 78.5. The number of aromatic amines is 1. The normalized spacial score (nSPS) is 15.4. The van der Waals surface area contributed by atoms with E-state index in [4.69, 9.17) is 0 Å². The summed E-state index contributed by atoms with van der Waals surface area (Å²) in [6.45, 7) is 0. The van der Waals surface area contributed by atoms with Crippen molar-refractivity contribution in [1.82, 2.24) is 15.2 Å². The maximum atomic E-state index is 14.4. The van der Waals surface area contributed by atoms with Gasteiger partial charge < -0.3 is 5.11 Å². The van der Waals surface area contributed by atoms with Crippen LogP contribution in [0.3, 0.4) is 0 Å². The van der Waals surface area contributed by atoms with E-state index in [1.54, 1.807) is 0 Å². The van der Waals surface area contributed by atoms with E-state index < -0.39 is 44.3 Å². The van der Waals surface area contributed by atoms with Gasteiger partial charge in [-0.15, -0.1) is 0 Å². The van der Waals surface area contributed by atoms with Gasteiger partial charge in [-0.25, -0.2) is 22.2 Å². The summed E-state index contributed by atoms with van der Waals surface area (Å²) in [5, 5.41) is 11.2. The summed E-state index contributed by atoms with van der Waals surface area (Å²) in [7, 11) is -5.14. The van der Waals surface area contributed by atoms with Crippen LogP contribution in [0, 0.1) is 11.6 Å². The Hall–Kier alpha value is -2.01. The fraction of sp³-hybridized carbons (Fsp3) is 0.333. The highest BCUT2D eigenvalue weighted by molar-refractivity contribution is 7.91. The Balaban J connectivity index is 2.69. The maximum Gasteiger partial charge on any atom is 0.377 e. The number of aliphatic hydroxyl groups is 1. The molecule has 1 atom stereocenters. The van der Waals surface area contributed by atoms with E-state index in [0.717, 1.165) is 6.33 Å². The topological polar surface area (TPSA) is 95.9 Å². The number of nitrogens with zero attached hydrogens (tertiary/aromatic N) is 2. The van der Waals surface area contributed by atoms with Gasteiger partial charge in [-0.05, 0) is 6.07 Å². The van der Waals surface area contributed by atoms with Crippen LogP contribution in [0.15, 0.2) is 24.5 Å². The lowest BCUT2D eigenvalue weighted by atomic mass is 9.89. The Morgan fingerprint density at radius 2 is 1.96 bits per heavy atom. The first kappa shape index (κ1) is 17.3. The molecule has 2 N–H and O–H groups in total. The van der Waals surface area contributed by atoms with Crippen molar-refractivity contribution < 1.29 is 31.1 Å². The van der Waals surface area contributed by atoms with Crippen molar-refractivity contribution in [2.24, 2.45) is 0 Å². The monoisotopic (exact) mass is 353 g/mol. The first-order valence-corrected chi connectivity index (χ1v) is 7.98. The number of rotatable bonds is 5. The van der Waals surface area contributed by atoms with Crippen LogP contribution < -0.4 is 0 Å². The lowest BCUT2D eigenvalue weighted by Crippen LogP contribution is -2.52. The molecule has 1 heterocycles. The third-order valence-electron chi connectivity index (χ3n) is 3.21. The smallest absolute Gasteiger partial charge is 0.377 e. The first-order chi connectivity index (χ1) is 10.5. The molecule has 0 saturated carbocycles. The van der Waals surface area contributed by atoms with Gasteiger partial charge in [-0.2, -0.15) is 13.9 Å². The van der Waals surface area contributed by atoms with Gasteiger partial charge in [-0.3, -0.25) is 5.10 Å². The maximum absolute atomic E-state index is 14.4. The number of H-pyrrole nitrogens is 1. The van der Waals surface area contributed by atoms with Gasteiger partial charge in [0.05, 0.1) is 0 Å². The molecule has 1 aromatic heterocycles. The highest BCUT2D eigenvalue weighted by atomic mass is 32.2. The zero-order valence-corrected chi connectivity index (χ0v) is 12.4. The Morgan fingerprint density at radius 3 is 2.43 bits per heavy atom. The third-order valence-corrected chi connectivity index (χ3v) is 4.48. The number of benzene rings is 1. The molecule has 0 amide bonds. The second kappa shape index (κ2) is 5.57. The Labute approximate surface area is 128 Å². The van der Waals surface area contributed by atoms with Gasteiger partial charge in [0, 0.05) is 24.3 Å². The number of alkyl halides is 2. The fourth-order valence-corrected chi connectivity index (χ4v) is 2.84. The van der Waals surface area contributed by atoms with Crippen molar-refractivity contribution in [3.8, 4) is 0 Å². The van der Waals surface area contributed by atoms with Crippen LogP contribution in [0.1, 0.15) is 11.4 Å². The van der Waals surface area contributed by atoms with E-state index in [2.05, 4.69) is 15.2 Å². The van der Waals surface area contributed by atoms with Crippen LogP contribution in [-0.4, -0.2) is 40.2 Å². The zero-order valence-electron chi connectivity index (χ0n) is 11.6. The first-order valence-electron chi connectivity index (χ1n) is 6.08. The van der Waals surface area contributed by atoms with Crippen molar-refractivity contribution in [3.05, 3.63) is 47.5 Å². The van der Waals surface area contributed by atoms with Gasteiger partial charge in [0.1, 0.15) is 23.8 Å². The number of aromatic nitrogens is 3. The van der Waals surface area contributed by atoms with Gasteiger partial charge in [-0.1, -0.05) is 6.07 Å². The average Bonchev–Trinajstić information content (AvgIpc) is 2.89.